The van der Waals surface area contributed by atoms with Crippen molar-refractivity contribution in [1.29, 1.82) is 0 Å². The molecule has 172 valence electrons. The van der Waals surface area contributed by atoms with E-state index in [1.54, 1.807) is 0 Å². The molecule has 8 bridgehead atoms. The van der Waals surface area contributed by atoms with Crippen molar-refractivity contribution in [2.45, 2.75) is 67.2 Å². The number of aryl methyl sites for hydroxylation is 5. The molecule has 4 nitrogen and oxygen atoms in total. The monoisotopic (exact) mass is 448 g/mol. The molecular formula is C30H32N4. The molecule has 0 atom stereocenters. The summed E-state index contributed by atoms with van der Waals surface area (Å²) < 4.78 is 0. The van der Waals surface area contributed by atoms with Crippen LogP contribution in [0.5, 0.6) is 0 Å². The van der Waals surface area contributed by atoms with Gasteiger partial charge in [-0.3, -0.25) is 0 Å². The maximum Gasteiger partial charge on any atom is 0.0725 e. The Hall–Kier alpha value is -3.40. The van der Waals surface area contributed by atoms with E-state index in [2.05, 4.69) is 75.8 Å². The summed E-state index contributed by atoms with van der Waals surface area (Å²) in [5.41, 5.74) is 19.7. The van der Waals surface area contributed by atoms with E-state index in [9.17, 15) is 0 Å². The summed E-state index contributed by atoms with van der Waals surface area (Å²) in [6.45, 7) is 13.3. The minimum absolute atomic E-state index is 0.982. The standard InChI is InChI=1S/C30H32N4/c1-7-20-16(4)26-14-27-17(5)21(8-2)29(34-27)23-10-9-22-18(6)25(33-30(22)23)12-19-11-15(3)24(31-19)13-28(20)32-26/h11-14,32,34H,7-10H2,1-6H3. The highest BCUT2D eigenvalue weighted by Gasteiger charge is 2.27. The van der Waals surface area contributed by atoms with Gasteiger partial charge in [0.15, 0.2) is 0 Å². The summed E-state index contributed by atoms with van der Waals surface area (Å²) in [4.78, 5) is 17.7. The number of aromatic nitrogens is 4. The predicted molar refractivity (Wildman–Crippen MR) is 144 cm³/mol. The summed E-state index contributed by atoms with van der Waals surface area (Å²) >= 11 is 0. The van der Waals surface area contributed by atoms with Crippen molar-refractivity contribution >= 4 is 44.9 Å². The van der Waals surface area contributed by atoms with E-state index in [4.69, 9.17) is 9.97 Å². The van der Waals surface area contributed by atoms with Gasteiger partial charge in [-0.1, -0.05) is 13.8 Å². The van der Waals surface area contributed by atoms with Gasteiger partial charge in [0, 0.05) is 27.6 Å². The molecule has 0 aromatic carbocycles. The Morgan fingerprint density at radius 1 is 0.765 bits per heavy atom. The molecule has 1 aliphatic carbocycles. The second-order valence-electron chi connectivity index (χ2n) is 9.89. The zero-order valence-corrected chi connectivity index (χ0v) is 21.0. The molecule has 0 saturated carbocycles. The van der Waals surface area contributed by atoms with Crippen molar-refractivity contribution in [3.05, 3.63) is 68.8 Å². The molecule has 0 amide bonds. The first-order chi connectivity index (χ1) is 16.4. The molecular weight excluding hydrogens is 416 g/mol. The maximum absolute atomic E-state index is 5.16. The minimum atomic E-state index is 0.982. The van der Waals surface area contributed by atoms with Crippen molar-refractivity contribution in [3.8, 4) is 0 Å². The minimum Gasteiger partial charge on any atom is -0.355 e. The number of rotatable bonds is 2. The highest BCUT2D eigenvalue weighted by molar-refractivity contribution is 5.96. The molecule has 0 spiro atoms. The van der Waals surface area contributed by atoms with E-state index in [1.807, 2.05) is 0 Å². The Kier molecular flexibility index (Phi) is 4.70. The molecule has 0 unspecified atom stereocenters. The fraction of sp³-hybridized carbons (Fsp3) is 0.333. The quantitative estimate of drug-likeness (QED) is 0.426. The molecule has 3 aromatic heterocycles. The van der Waals surface area contributed by atoms with E-state index in [-0.39, 0.29) is 0 Å². The fourth-order valence-corrected chi connectivity index (χ4v) is 6.01. The average molecular weight is 449 g/mol. The van der Waals surface area contributed by atoms with Crippen LogP contribution in [0.15, 0.2) is 18.2 Å². The van der Waals surface area contributed by atoms with Gasteiger partial charge < -0.3 is 9.97 Å². The fourth-order valence-electron chi connectivity index (χ4n) is 6.01. The normalized spacial score (nSPS) is 14.8. The number of nitrogens with one attached hydrogen (secondary N) is 2. The van der Waals surface area contributed by atoms with Gasteiger partial charge in [0.1, 0.15) is 0 Å². The molecule has 3 aliphatic rings. The molecule has 5 heterocycles. The predicted octanol–water partition coefficient (Wildman–Crippen LogP) is 7.49. The summed E-state index contributed by atoms with van der Waals surface area (Å²) in [6.07, 6.45) is 6.27. The number of hydrogen-bond acceptors (Lipinski definition) is 2. The number of allylic oxidation sites excluding steroid dienone is 3. The first-order valence-corrected chi connectivity index (χ1v) is 12.5. The van der Waals surface area contributed by atoms with Gasteiger partial charge in [-0.2, -0.15) is 0 Å². The number of H-pyrrole nitrogens is 2. The number of nitrogens with zero attached hydrogens (tertiary/aromatic N) is 2. The molecule has 4 heteroatoms. The largest absolute Gasteiger partial charge is 0.355 e. The third-order valence-corrected chi connectivity index (χ3v) is 8.02. The first kappa shape index (κ1) is 21.2. The molecule has 2 N–H and O–H groups in total. The van der Waals surface area contributed by atoms with Gasteiger partial charge in [0.2, 0.25) is 0 Å². The van der Waals surface area contributed by atoms with Crippen LogP contribution in [0.25, 0.3) is 44.9 Å². The van der Waals surface area contributed by atoms with Crippen molar-refractivity contribution in [1.82, 2.24) is 19.9 Å². The van der Waals surface area contributed by atoms with E-state index < -0.39 is 0 Å². The molecule has 34 heavy (non-hydrogen) atoms. The van der Waals surface area contributed by atoms with Gasteiger partial charge in [0.25, 0.3) is 0 Å². The lowest BCUT2D eigenvalue weighted by Crippen LogP contribution is -1.88. The molecule has 0 saturated heterocycles. The van der Waals surface area contributed by atoms with Gasteiger partial charge in [-0.15, -0.1) is 0 Å². The van der Waals surface area contributed by atoms with E-state index >= 15 is 0 Å². The highest BCUT2D eigenvalue weighted by atomic mass is 14.8. The third-order valence-electron chi connectivity index (χ3n) is 8.02. The van der Waals surface area contributed by atoms with Crippen LogP contribution in [-0.2, 0) is 19.3 Å². The lowest BCUT2D eigenvalue weighted by molar-refractivity contribution is 1.07. The summed E-state index contributed by atoms with van der Waals surface area (Å²) in [5, 5.41) is 0. The van der Waals surface area contributed by atoms with Crippen LogP contribution in [0.1, 0.15) is 84.7 Å². The molecule has 2 aliphatic heterocycles. The van der Waals surface area contributed by atoms with Crippen LogP contribution in [0.3, 0.4) is 0 Å². The SMILES string of the molecule is CCc1c(C)c2cc3[nH]c(c4c5nc(cc6nc(cc1[nH]2)C(C)=C6)C(C)=C5CC4)c(CC)c3C. The second kappa shape index (κ2) is 7.56. The Labute approximate surface area is 200 Å². The smallest absolute Gasteiger partial charge is 0.0725 e. The molecule has 6 rings (SSSR count). The first-order valence-electron chi connectivity index (χ1n) is 12.5. The Morgan fingerprint density at radius 2 is 1.50 bits per heavy atom. The summed E-state index contributed by atoms with van der Waals surface area (Å²) in [6, 6.07) is 6.67. The third kappa shape index (κ3) is 2.97. The van der Waals surface area contributed by atoms with Gasteiger partial charge in [-0.05, 0) is 117 Å². The molecule has 3 aromatic rings. The Morgan fingerprint density at radius 3 is 2.26 bits per heavy atom. The summed E-state index contributed by atoms with van der Waals surface area (Å²) in [5.74, 6) is 0. The average Bonchev–Trinajstić information content (AvgIpc) is 3.57. The Bertz CT molecular complexity index is 1600. The van der Waals surface area contributed by atoms with Gasteiger partial charge >= 0.3 is 0 Å². The maximum atomic E-state index is 5.16. The molecule has 0 radical (unpaired) electrons. The van der Waals surface area contributed by atoms with Crippen molar-refractivity contribution < 1.29 is 0 Å². The second-order valence-corrected chi connectivity index (χ2v) is 9.89. The van der Waals surface area contributed by atoms with Gasteiger partial charge in [0.05, 0.1) is 22.8 Å². The highest BCUT2D eigenvalue weighted by Crippen LogP contribution is 2.42. The van der Waals surface area contributed by atoms with Crippen LogP contribution in [-0.4, -0.2) is 19.9 Å². The van der Waals surface area contributed by atoms with Crippen LogP contribution in [0.4, 0.5) is 0 Å². The van der Waals surface area contributed by atoms with E-state index in [0.717, 1.165) is 48.3 Å². The van der Waals surface area contributed by atoms with Crippen molar-refractivity contribution in [2.75, 3.05) is 0 Å². The number of aromatic amines is 2. The van der Waals surface area contributed by atoms with Crippen molar-refractivity contribution in [2.24, 2.45) is 0 Å². The molecule has 0 fully saturated rings. The number of hydrogen-bond donors (Lipinski definition) is 2. The number of fused-ring (bicyclic) bond motifs is 8. The lowest BCUT2D eigenvalue weighted by Gasteiger charge is -1.99. The van der Waals surface area contributed by atoms with Gasteiger partial charge in [-0.25, -0.2) is 9.97 Å². The topological polar surface area (TPSA) is 57.4 Å². The zero-order chi connectivity index (χ0) is 23.7. The zero-order valence-electron chi connectivity index (χ0n) is 21.0. The van der Waals surface area contributed by atoms with Crippen LogP contribution in [0, 0.1) is 13.8 Å². The van der Waals surface area contributed by atoms with Crippen LogP contribution >= 0.6 is 0 Å². The van der Waals surface area contributed by atoms with Crippen molar-refractivity contribution in [3.63, 3.8) is 0 Å². The van der Waals surface area contributed by atoms with Crippen LogP contribution < -0.4 is 0 Å². The summed E-state index contributed by atoms with van der Waals surface area (Å²) in [7, 11) is 0. The van der Waals surface area contributed by atoms with Crippen LogP contribution in [0.2, 0.25) is 0 Å². The van der Waals surface area contributed by atoms with E-state index in [0.29, 0.717) is 0 Å². The Balaban J connectivity index is 1.82. The van der Waals surface area contributed by atoms with E-state index in [1.165, 1.54) is 66.8 Å². The lowest BCUT2D eigenvalue weighted by atomic mass is 10.1.